The molecule has 26 heavy (non-hydrogen) atoms. The Balaban J connectivity index is 1.71. The molecule has 1 fully saturated rings. The molecule has 3 rings (SSSR count). The van der Waals surface area contributed by atoms with Gasteiger partial charge in [-0.25, -0.2) is 0 Å². The minimum absolute atomic E-state index is 0.0637. The van der Waals surface area contributed by atoms with E-state index in [0.717, 1.165) is 23.4 Å². The molecule has 1 aliphatic heterocycles. The van der Waals surface area contributed by atoms with Crippen LogP contribution in [0.5, 0.6) is 0 Å². The predicted octanol–water partition coefficient (Wildman–Crippen LogP) is 1.81. The van der Waals surface area contributed by atoms with Crippen molar-refractivity contribution in [1.29, 1.82) is 0 Å². The molecular formula is C15H17N5O4S2. The minimum Gasteiger partial charge on any atom is -0.312 e. The zero-order valence-electron chi connectivity index (χ0n) is 13.9. The van der Waals surface area contributed by atoms with Crippen LogP contribution in [0.4, 0.5) is 16.5 Å². The van der Waals surface area contributed by atoms with E-state index in [1.165, 1.54) is 0 Å². The number of rotatable bonds is 6. The maximum absolute atomic E-state index is 12.4. The maximum Gasteiger partial charge on any atom is 0.291 e. The molecule has 0 aliphatic carbocycles. The van der Waals surface area contributed by atoms with Gasteiger partial charge in [0.05, 0.1) is 0 Å². The number of benzene rings is 1. The molecule has 138 valence electrons. The zero-order valence-corrected chi connectivity index (χ0v) is 15.6. The van der Waals surface area contributed by atoms with Crippen LogP contribution in [-0.4, -0.2) is 37.0 Å². The second-order valence-corrected chi connectivity index (χ2v) is 8.41. The molecule has 2 aromatic rings. The second-order valence-electron chi connectivity index (χ2n) is 5.58. The molecule has 2 amide bonds. The highest BCUT2D eigenvalue weighted by molar-refractivity contribution is 7.94. The van der Waals surface area contributed by atoms with Crippen LogP contribution in [0.2, 0.25) is 0 Å². The van der Waals surface area contributed by atoms with Gasteiger partial charge in [0.2, 0.25) is 16.9 Å². The van der Waals surface area contributed by atoms with Gasteiger partial charge in [0.25, 0.3) is 14.4 Å². The van der Waals surface area contributed by atoms with E-state index in [0.29, 0.717) is 18.7 Å². The number of carbonyl (C=O) groups excluding carboxylic acids is 2. The summed E-state index contributed by atoms with van der Waals surface area (Å²) in [6.45, 7) is 2.34. The highest BCUT2D eigenvalue weighted by Crippen LogP contribution is 2.26. The number of carbonyl (C=O) groups is 2. The number of hydrogen-bond donors (Lipinski definition) is 2. The van der Waals surface area contributed by atoms with Gasteiger partial charge < -0.3 is 10.2 Å². The average Bonchev–Trinajstić information content (AvgIpc) is 3.25. The summed E-state index contributed by atoms with van der Waals surface area (Å²) in [5.41, 5.74) is 1.07. The third-order valence-electron chi connectivity index (χ3n) is 3.71. The highest BCUT2D eigenvalue weighted by atomic mass is 32.2. The summed E-state index contributed by atoms with van der Waals surface area (Å²) in [5.74, 6) is -0.209. The topological polar surface area (TPSA) is 121 Å². The zero-order chi connectivity index (χ0) is 18.7. The van der Waals surface area contributed by atoms with Gasteiger partial charge in [0.1, 0.15) is 0 Å². The van der Waals surface area contributed by atoms with Crippen LogP contribution in [0.1, 0.15) is 26.2 Å². The lowest BCUT2D eigenvalue weighted by Gasteiger charge is -2.16. The van der Waals surface area contributed by atoms with Crippen LogP contribution in [0, 0.1) is 0 Å². The van der Waals surface area contributed by atoms with E-state index in [1.807, 2.05) is 0 Å². The Hall–Kier alpha value is -2.53. The van der Waals surface area contributed by atoms with Crippen LogP contribution in [0.25, 0.3) is 0 Å². The highest BCUT2D eigenvalue weighted by Gasteiger charge is 2.23. The van der Waals surface area contributed by atoms with E-state index in [1.54, 1.807) is 36.1 Å². The number of sulfonamides is 1. The Labute approximate surface area is 154 Å². The van der Waals surface area contributed by atoms with Gasteiger partial charge in [-0.3, -0.25) is 14.3 Å². The Kier molecular flexibility index (Phi) is 5.18. The van der Waals surface area contributed by atoms with Crippen LogP contribution in [0.15, 0.2) is 28.6 Å². The van der Waals surface area contributed by atoms with E-state index in [2.05, 4.69) is 20.2 Å². The first-order chi connectivity index (χ1) is 12.4. The third-order valence-corrected chi connectivity index (χ3v) is 6.30. The van der Waals surface area contributed by atoms with Gasteiger partial charge in [0, 0.05) is 30.8 Å². The molecule has 0 spiro atoms. The summed E-state index contributed by atoms with van der Waals surface area (Å²) < 4.78 is 26.9. The number of hydrogen-bond acceptors (Lipinski definition) is 7. The Bertz CT molecular complexity index is 924. The van der Waals surface area contributed by atoms with Gasteiger partial charge >= 0.3 is 0 Å². The van der Waals surface area contributed by atoms with Crippen molar-refractivity contribution in [3.05, 3.63) is 24.3 Å². The van der Waals surface area contributed by atoms with Gasteiger partial charge in [-0.05, 0) is 30.7 Å². The fraction of sp³-hybridized carbons (Fsp3) is 0.333. The summed E-state index contributed by atoms with van der Waals surface area (Å²) in [4.78, 5) is 24.7. The van der Waals surface area contributed by atoms with Crippen molar-refractivity contribution in [3.8, 4) is 0 Å². The first-order valence-corrected chi connectivity index (χ1v) is 10.3. The monoisotopic (exact) mass is 395 g/mol. The molecule has 1 aliphatic rings. The summed E-state index contributed by atoms with van der Waals surface area (Å²) in [6.07, 6.45) is 1.61. The van der Waals surface area contributed by atoms with Crippen LogP contribution >= 0.6 is 11.3 Å². The first-order valence-electron chi connectivity index (χ1n) is 7.95. The van der Waals surface area contributed by atoms with Crippen molar-refractivity contribution < 1.29 is 18.0 Å². The standard InChI is InChI=1S/C15H17N5O4S2/c1-2-12(21)16-14-17-18-15(25-14)26(23,24)19-10-5-7-11(8-6-10)20-9-3-4-13(20)22/h5-8,19H,2-4,9H2,1H3,(H,16,17,21). The molecule has 1 saturated heterocycles. The number of amides is 2. The summed E-state index contributed by atoms with van der Waals surface area (Å²) in [7, 11) is -3.91. The average molecular weight is 395 g/mol. The lowest BCUT2D eigenvalue weighted by atomic mass is 10.2. The number of aromatic nitrogens is 2. The van der Waals surface area contributed by atoms with Gasteiger partial charge in [0.15, 0.2) is 0 Å². The molecule has 11 heteroatoms. The van der Waals surface area contributed by atoms with Crippen molar-refractivity contribution >= 4 is 49.7 Å². The first kappa shape index (κ1) is 18.3. The lowest BCUT2D eigenvalue weighted by Crippen LogP contribution is -2.23. The van der Waals surface area contributed by atoms with E-state index in [-0.39, 0.29) is 27.7 Å². The fourth-order valence-electron chi connectivity index (χ4n) is 2.41. The smallest absolute Gasteiger partial charge is 0.291 e. The van der Waals surface area contributed by atoms with Crippen LogP contribution in [-0.2, 0) is 19.6 Å². The molecule has 2 N–H and O–H groups in total. The van der Waals surface area contributed by atoms with Crippen molar-refractivity contribution in [2.45, 2.75) is 30.5 Å². The minimum atomic E-state index is -3.91. The molecule has 0 saturated carbocycles. The number of anilines is 3. The molecule has 9 nitrogen and oxygen atoms in total. The molecular weight excluding hydrogens is 378 g/mol. The van der Waals surface area contributed by atoms with Crippen molar-refractivity contribution in [3.63, 3.8) is 0 Å². The summed E-state index contributed by atoms with van der Waals surface area (Å²) >= 11 is 0.769. The molecule has 1 aromatic carbocycles. The van der Waals surface area contributed by atoms with E-state index < -0.39 is 10.0 Å². The van der Waals surface area contributed by atoms with E-state index in [4.69, 9.17) is 0 Å². The van der Waals surface area contributed by atoms with E-state index >= 15 is 0 Å². The van der Waals surface area contributed by atoms with Crippen molar-refractivity contribution in [2.24, 2.45) is 0 Å². The Morgan fingerprint density at radius 2 is 2.00 bits per heavy atom. The third kappa shape index (κ3) is 3.99. The normalized spacial score (nSPS) is 14.5. The fourth-order valence-corrected chi connectivity index (χ4v) is 4.38. The molecule has 0 bridgehead atoms. The second kappa shape index (κ2) is 7.38. The molecule has 2 heterocycles. The summed E-state index contributed by atoms with van der Waals surface area (Å²) in [6, 6.07) is 6.54. The van der Waals surface area contributed by atoms with Crippen molar-refractivity contribution in [2.75, 3.05) is 21.5 Å². The van der Waals surface area contributed by atoms with Crippen LogP contribution in [0.3, 0.4) is 0 Å². The molecule has 0 radical (unpaired) electrons. The predicted molar refractivity (Wildman–Crippen MR) is 97.7 cm³/mol. The summed E-state index contributed by atoms with van der Waals surface area (Å²) in [5, 5.41) is 9.86. The lowest BCUT2D eigenvalue weighted by molar-refractivity contribution is -0.117. The van der Waals surface area contributed by atoms with Crippen molar-refractivity contribution in [1.82, 2.24) is 10.2 Å². The van der Waals surface area contributed by atoms with Crippen LogP contribution < -0.4 is 14.9 Å². The quantitative estimate of drug-likeness (QED) is 0.720. The van der Waals surface area contributed by atoms with Gasteiger partial charge in [-0.1, -0.05) is 18.3 Å². The Morgan fingerprint density at radius 1 is 1.27 bits per heavy atom. The maximum atomic E-state index is 12.4. The molecule has 0 unspecified atom stereocenters. The number of nitrogens with zero attached hydrogens (tertiary/aromatic N) is 3. The van der Waals surface area contributed by atoms with Gasteiger partial charge in [-0.15, -0.1) is 10.2 Å². The SMILES string of the molecule is CCC(=O)Nc1nnc(S(=O)(=O)Nc2ccc(N3CCCC3=O)cc2)s1. The number of nitrogens with one attached hydrogen (secondary N) is 2. The largest absolute Gasteiger partial charge is 0.312 e. The van der Waals surface area contributed by atoms with E-state index in [9.17, 15) is 18.0 Å². The van der Waals surface area contributed by atoms with Gasteiger partial charge in [-0.2, -0.15) is 8.42 Å². The Morgan fingerprint density at radius 3 is 2.62 bits per heavy atom. The molecule has 1 aromatic heterocycles. The molecule has 0 atom stereocenters.